The molecule has 6 heteroatoms. The summed E-state index contributed by atoms with van der Waals surface area (Å²) in [5.41, 5.74) is 0.710. The lowest BCUT2D eigenvalue weighted by molar-refractivity contribution is -0.116. The summed E-state index contributed by atoms with van der Waals surface area (Å²) in [5.74, 6) is 2.43. The Morgan fingerprint density at radius 3 is 2.35 bits per heavy atom. The molecule has 0 atom stereocenters. The van der Waals surface area contributed by atoms with Crippen molar-refractivity contribution in [2.75, 3.05) is 37.0 Å². The number of hydrogen-bond acceptors (Lipinski definition) is 5. The van der Waals surface area contributed by atoms with E-state index in [0.29, 0.717) is 25.1 Å². The van der Waals surface area contributed by atoms with Crippen LogP contribution in [0.3, 0.4) is 0 Å². The van der Waals surface area contributed by atoms with Crippen LogP contribution in [0.4, 0.5) is 11.5 Å². The molecular formula is C20H27N3O3. The normalized spacial score (nSPS) is 10.3. The van der Waals surface area contributed by atoms with Gasteiger partial charge in [-0.05, 0) is 56.7 Å². The monoisotopic (exact) mass is 357 g/mol. The van der Waals surface area contributed by atoms with E-state index in [9.17, 15) is 4.79 Å². The van der Waals surface area contributed by atoms with E-state index >= 15 is 0 Å². The maximum Gasteiger partial charge on any atom is 0.224 e. The van der Waals surface area contributed by atoms with Crippen molar-refractivity contribution >= 4 is 17.4 Å². The van der Waals surface area contributed by atoms with Crippen LogP contribution in [0.1, 0.15) is 26.7 Å². The standard InChI is InChI=1S/C20H27N3O3/c1-4-23(5-2)19-13-8-16(15-21-19)22-20(24)7-6-14-26-18-11-9-17(25-3)10-12-18/h8-13,15H,4-7,14H2,1-3H3,(H,22,24). The Balaban J connectivity index is 1.71. The second-order valence-electron chi connectivity index (χ2n) is 5.75. The van der Waals surface area contributed by atoms with E-state index < -0.39 is 0 Å². The van der Waals surface area contributed by atoms with Crippen LogP contribution in [0.25, 0.3) is 0 Å². The molecule has 0 unspecified atom stereocenters. The van der Waals surface area contributed by atoms with Gasteiger partial charge in [0.1, 0.15) is 17.3 Å². The van der Waals surface area contributed by atoms with Gasteiger partial charge in [-0.1, -0.05) is 0 Å². The van der Waals surface area contributed by atoms with Crippen LogP contribution in [0, 0.1) is 0 Å². The number of nitrogens with one attached hydrogen (secondary N) is 1. The number of amides is 1. The fourth-order valence-corrected chi connectivity index (χ4v) is 2.51. The Morgan fingerprint density at radius 1 is 1.08 bits per heavy atom. The molecular weight excluding hydrogens is 330 g/mol. The maximum atomic E-state index is 12.0. The number of nitrogens with zero attached hydrogens (tertiary/aromatic N) is 2. The summed E-state index contributed by atoms with van der Waals surface area (Å²) in [4.78, 5) is 18.6. The highest BCUT2D eigenvalue weighted by Gasteiger charge is 2.06. The summed E-state index contributed by atoms with van der Waals surface area (Å²) in [6.45, 7) is 6.48. The number of carbonyl (C=O) groups is 1. The minimum absolute atomic E-state index is 0.0410. The lowest BCUT2D eigenvalue weighted by atomic mass is 10.3. The lowest BCUT2D eigenvalue weighted by Gasteiger charge is -2.19. The molecule has 1 amide bonds. The molecule has 0 aliphatic carbocycles. The van der Waals surface area contributed by atoms with Crippen LogP contribution in [0.15, 0.2) is 42.6 Å². The van der Waals surface area contributed by atoms with Gasteiger partial charge in [0.15, 0.2) is 0 Å². The molecule has 2 rings (SSSR count). The van der Waals surface area contributed by atoms with Gasteiger partial charge in [0, 0.05) is 19.5 Å². The van der Waals surface area contributed by atoms with Crippen molar-refractivity contribution in [1.29, 1.82) is 0 Å². The van der Waals surface area contributed by atoms with Gasteiger partial charge in [-0.25, -0.2) is 4.98 Å². The molecule has 2 aromatic rings. The third kappa shape index (κ3) is 5.95. The Morgan fingerprint density at radius 2 is 1.77 bits per heavy atom. The van der Waals surface area contributed by atoms with Crippen molar-refractivity contribution in [1.82, 2.24) is 4.98 Å². The van der Waals surface area contributed by atoms with Gasteiger partial charge in [0.25, 0.3) is 0 Å². The minimum Gasteiger partial charge on any atom is -0.497 e. The maximum absolute atomic E-state index is 12.0. The van der Waals surface area contributed by atoms with Gasteiger partial charge in [-0.3, -0.25) is 4.79 Å². The van der Waals surface area contributed by atoms with E-state index in [1.807, 2.05) is 36.4 Å². The van der Waals surface area contributed by atoms with Crippen LogP contribution in [0.2, 0.25) is 0 Å². The van der Waals surface area contributed by atoms with Gasteiger partial charge < -0.3 is 19.7 Å². The SMILES string of the molecule is CCN(CC)c1ccc(NC(=O)CCCOc2ccc(OC)cc2)cn1. The molecule has 1 N–H and O–H groups in total. The predicted molar refractivity (Wildman–Crippen MR) is 104 cm³/mol. The van der Waals surface area contributed by atoms with Crippen LogP contribution in [-0.4, -0.2) is 37.7 Å². The molecule has 0 saturated carbocycles. The molecule has 0 aliphatic heterocycles. The Kier molecular flexibility index (Phi) is 7.74. The molecule has 140 valence electrons. The Bertz CT molecular complexity index is 668. The van der Waals surface area contributed by atoms with Crippen LogP contribution in [0.5, 0.6) is 11.5 Å². The van der Waals surface area contributed by atoms with Crippen molar-refractivity contribution < 1.29 is 14.3 Å². The molecule has 0 aliphatic rings. The number of benzene rings is 1. The highest BCUT2D eigenvalue weighted by molar-refractivity contribution is 5.90. The lowest BCUT2D eigenvalue weighted by Crippen LogP contribution is -2.22. The zero-order chi connectivity index (χ0) is 18.8. The number of rotatable bonds is 10. The number of hydrogen-bond donors (Lipinski definition) is 1. The van der Waals surface area contributed by atoms with Crippen molar-refractivity contribution in [3.63, 3.8) is 0 Å². The first-order chi connectivity index (χ1) is 12.7. The predicted octanol–water partition coefficient (Wildman–Crippen LogP) is 3.73. The average Bonchev–Trinajstić information content (AvgIpc) is 2.68. The summed E-state index contributed by atoms with van der Waals surface area (Å²) < 4.78 is 10.7. The fraction of sp³-hybridized carbons (Fsp3) is 0.400. The second kappa shape index (κ2) is 10.3. The third-order valence-corrected chi connectivity index (χ3v) is 4.00. The Labute approximate surface area is 155 Å². The fourth-order valence-electron chi connectivity index (χ4n) is 2.51. The summed E-state index contributed by atoms with van der Waals surface area (Å²) in [6.07, 6.45) is 2.73. The van der Waals surface area contributed by atoms with E-state index in [2.05, 4.69) is 29.0 Å². The molecule has 6 nitrogen and oxygen atoms in total. The first-order valence-electron chi connectivity index (χ1n) is 8.94. The van der Waals surface area contributed by atoms with Gasteiger partial charge >= 0.3 is 0 Å². The molecule has 0 spiro atoms. The van der Waals surface area contributed by atoms with Crippen molar-refractivity contribution in [3.05, 3.63) is 42.6 Å². The van der Waals surface area contributed by atoms with E-state index in [-0.39, 0.29) is 5.91 Å². The summed E-state index contributed by atoms with van der Waals surface area (Å²) in [5, 5.41) is 2.87. The van der Waals surface area contributed by atoms with E-state index in [4.69, 9.17) is 9.47 Å². The first-order valence-corrected chi connectivity index (χ1v) is 8.94. The Hall–Kier alpha value is -2.76. The summed E-state index contributed by atoms with van der Waals surface area (Å²) >= 11 is 0. The van der Waals surface area contributed by atoms with Crippen LogP contribution in [-0.2, 0) is 4.79 Å². The van der Waals surface area contributed by atoms with Crippen molar-refractivity contribution in [2.45, 2.75) is 26.7 Å². The second-order valence-corrected chi connectivity index (χ2v) is 5.75. The van der Waals surface area contributed by atoms with Crippen LogP contribution >= 0.6 is 0 Å². The molecule has 0 fully saturated rings. The number of aromatic nitrogens is 1. The molecule has 0 saturated heterocycles. The molecule has 0 bridgehead atoms. The third-order valence-electron chi connectivity index (χ3n) is 4.00. The highest BCUT2D eigenvalue weighted by Crippen LogP contribution is 2.17. The number of anilines is 2. The smallest absolute Gasteiger partial charge is 0.224 e. The van der Waals surface area contributed by atoms with Crippen molar-refractivity contribution in [3.8, 4) is 11.5 Å². The minimum atomic E-state index is -0.0410. The topological polar surface area (TPSA) is 63.7 Å². The first kappa shape index (κ1) is 19.6. The zero-order valence-corrected chi connectivity index (χ0v) is 15.7. The molecule has 1 aromatic carbocycles. The zero-order valence-electron chi connectivity index (χ0n) is 15.7. The van der Waals surface area contributed by atoms with E-state index in [1.165, 1.54) is 0 Å². The molecule has 1 aromatic heterocycles. The van der Waals surface area contributed by atoms with Gasteiger partial charge in [-0.15, -0.1) is 0 Å². The number of ether oxygens (including phenoxy) is 2. The number of carbonyl (C=O) groups excluding carboxylic acids is 1. The largest absolute Gasteiger partial charge is 0.497 e. The van der Waals surface area contributed by atoms with Gasteiger partial charge in [0.05, 0.1) is 25.6 Å². The average molecular weight is 357 g/mol. The molecule has 0 radical (unpaired) electrons. The molecule has 26 heavy (non-hydrogen) atoms. The highest BCUT2D eigenvalue weighted by atomic mass is 16.5. The summed E-state index contributed by atoms with van der Waals surface area (Å²) in [7, 11) is 1.63. The van der Waals surface area contributed by atoms with Gasteiger partial charge in [-0.2, -0.15) is 0 Å². The van der Waals surface area contributed by atoms with Crippen LogP contribution < -0.4 is 19.7 Å². The van der Waals surface area contributed by atoms with Gasteiger partial charge in [0.2, 0.25) is 5.91 Å². The van der Waals surface area contributed by atoms with Crippen molar-refractivity contribution in [2.24, 2.45) is 0 Å². The number of pyridine rings is 1. The van der Waals surface area contributed by atoms with E-state index in [1.54, 1.807) is 13.3 Å². The summed E-state index contributed by atoms with van der Waals surface area (Å²) in [6, 6.07) is 11.2. The number of methoxy groups -OCH3 is 1. The quantitative estimate of drug-likeness (QED) is 0.656. The van der Waals surface area contributed by atoms with E-state index in [0.717, 1.165) is 30.4 Å². The molecule has 1 heterocycles.